The Kier molecular flexibility index (Phi) is 7.60. The molecule has 0 saturated carbocycles. The Hall–Kier alpha value is -2.21. The maximum atomic E-state index is 12.4. The first-order valence-electron chi connectivity index (χ1n) is 10.3. The zero-order chi connectivity index (χ0) is 19.8. The molecule has 1 aliphatic rings. The molecule has 0 spiro atoms. The standard InChI is InChI=1S/C23H31N3O2/c1-19(23(27)24-13-18-28-2)25-14-16-26(17-15-25)22(20-9-5-3-6-10-20)21-11-7-4-8-12-21/h3-12,19,22H,13-18H2,1-2H3,(H,24,27)/p+2/t19-/m0/s1. The normalized spacial score (nSPS) is 20.7. The van der Waals surface area contributed by atoms with Crippen molar-refractivity contribution in [2.24, 2.45) is 0 Å². The van der Waals surface area contributed by atoms with Crippen molar-refractivity contribution in [3.05, 3.63) is 71.8 Å². The number of rotatable bonds is 8. The number of carbonyl (C=O) groups is 1. The van der Waals surface area contributed by atoms with E-state index in [2.05, 4.69) is 66.0 Å². The van der Waals surface area contributed by atoms with Gasteiger partial charge in [-0.3, -0.25) is 4.79 Å². The van der Waals surface area contributed by atoms with Gasteiger partial charge in [0.25, 0.3) is 5.91 Å². The summed E-state index contributed by atoms with van der Waals surface area (Å²) in [6, 6.07) is 21.9. The molecule has 1 amide bonds. The van der Waals surface area contributed by atoms with E-state index in [-0.39, 0.29) is 11.9 Å². The Morgan fingerprint density at radius 2 is 1.43 bits per heavy atom. The molecule has 1 heterocycles. The third kappa shape index (κ3) is 5.19. The third-order valence-corrected chi connectivity index (χ3v) is 5.82. The minimum atomic E-state index is -0.0229. The Bertz CT molecular complexity index is 676. The van der Waals surface area contributed by atoms with E-state index in [9.17, 15) is 4.79 Å². The minimum Gasteiger partial charge on any atom is -0.383 e. The number of ether oxygens (including phenoxy) is 1. The maximum Gasteiger partial charge on any atom is 0.278 e. The SMILES string of the molecule is COCCNC(=O)[C@H](C)[NH+]1CC[NH+](C(c2ccccc2)c2ccccc2)CC1. The van der Waals surface area contributed by atoms with Crippen molar-refractivity contribution in [2.45, 2.75) is 19.0 Å². The molecular formula is C23H33N3O2+2. The molecule has 0 aromatic heterocycles. The zero-order valence-corrected chi connectivity index (χ0v) is 17.0. The largest absolute Gasteiger partial charge is 0.383 e. The summed E-state index contributed by atoms with van der Waals surface area (Å²) >= 11 is 0. The predicted molar refractivity (Wildman–Crippen MR) is 110 cm³/mol. The Morgan fingerprint density at radius 1 is 0.929 bits per heavy atom. The van der Waals surface area contributed by atoms with Gasteiger partial charge in [-0.2, -0.15) is 0 Å². The van der Waals surface area contributed by atoms with Crippen LogP contribution < -0.4 is 15.1 Å². The molecule has 0 bridgehead atoms. The number of hydrogen-bond acceptors (Lipinski definition) is 2. The highest BCUT2D eigenvalue weighted by molar-refractivity contribution is 5.79. The van der Waals surface area contributed by atoms with Crippen molar-refractivity contribution >= 4 is 5.91 Å². The van der Waals surface area contributed by atoms with E-state index in [4.69, 9.17) is 4.74 Å². The van der Waals surface area contributed by atoms with Crippen LogP contribution in [0.1, 0.15) is 24.1 Å². The monoisotopic (exact) mass is 383 g/mol. The molecule has 3 rings (SSSR count). The second-order valence-electron chi connectivity index (χ2n) is 7.58. The summed E-state index contributed by atoms with van der Waals surface area (Å²) in [5.41, 5.74) is 2.72. The van der Waals surface area contributed by atoms with E-state index in [1.165, 1.54) is 16.0 Å². The number of carbonyl (C=O) groups excluding carboxylic acids is 1. The molecule has 0 radical (unpaired) electrons. The van der Waals surface area contributed by atoms with E-state index in [0.717, 1.165) is 26.2 Å². The summed E-state index contributed by atoms with van der Waals surface area (Å²) in [6.45, 7) is 7.29. The molecular weight excluding hydrogens is 350 g/mol. The quantitative estimate of drug-likeness (QED) is 0.549. The minimum absolute atomic E-state index is 0.0229. The smallest absolute Gasteiger partial charge is 0.278 e. The lowest BCUT2D eigenvalue weighted by Gasteiger charge is -2.36. The molecule has 5 nitrogen and oxygen atoms in total. The average Bonchev–Trinajstić information content (AvgIpc) is 2.75. The van der Waals surface area contributed by atoms with E-state index in [0.29, 0.717) is 19.2 Å². The Balaban J connectivity index is 1.65. The van der Waals surface area contributed by atoms with Gasteiger partial charge in [-0.05, 0) is 6.92 Å². The van der Waals surface area contributed by atoms with Crippen LogP contribution in [0, 0.1) is 0 Å². The van der Waals surface area contributed by atoms with Crippen molar-refractivity contribution in [1.29, 1.82) is 0 Å². The molecule has 1 saturated heterocycles. The molecule has 28 heavy (non-hydrogen) atoms. The van der Waals surface area contributed by atoms with Gasteiger partial charge >= 0.3 is 0 Å². The van der Waals surface area contributed by atoms with Gasteiger partial charge in [0.1, 0.15) is 32.2 Å². The van der Waals surface area contributed by atoms with Crippen LogP contribution in [0.5, 0.6) is 0 Å². The van der Waals surface area contributed by atoms with Gasteiger partial charge in [-0.15, -0.1) is 0 Å². The van der Waals surface area contributed by atoms with Crippen LogP contribution in [0.2, 0.25) is 0 Å². The van der Waals surface area contributed by atoms with Gasteiger partial charge < -0.3 is 19.9 Å². The highest BCUT2D eigenvalue weighted by Crippen LogP contribution is 2.18. The molecule has 0 aliphatic carbocycles. The highest BCUT2D eigenvalue weighted by atomic mass is 16.5. The number of quaternary nitrogens is 2. The summed E-state index contributed by atoms with van der Waals surface area (Å²) in [6.07, 6.45) is 0. The van der Waals surface area contributed by atoms with Crippen LogP contribution in [-0.2, 0) is 9.53 Å². The number of hydrogen-bond donors (Lipinski definition) is 3. The van der Waals surface area contributed by atoms with E-state index < -0.39 is 0 Å². The fraction of sp³-hybridized carbons (Fsp3) is 0.435. The first kappa shape index (κ1) is 20.5. The van der Waals surface area contributed by atoms with Crippen LogP contribution in [0.3, 0.4) is 0 Å². The molecule has 3 N–H and O–H groups in total. The molecule has 2 aromatic rings. The van der Waals surface area contributed by atoms with Crippen molar-refractivity contribution in [3.63, 3.8) is 0 Å². The predicted octanol–water partition coefficient (Wildman–Crippen LogP) is -0.289. The van der Waals surface area contributed by atoms with E-state index in [1.807, 2.05) is 6.92 Å². The first-order valence-corrected chi connectivity index (χ1v) is 10.3. The van der Waals surface area contributed by atoms with Crippen LogP contribution in [0.15, 0.2) is 60.7 Å². The maximum absolute atomic E-state index is 12.4. The molecule has 0 unspecified atom stereocenters. The molecule has 1 fully saturated rings. The first-order chi connectivity index (χ1) is 13.7. The number of methoxy groups -OCH3 is 1. The van der Waals surface area contributed by atoms with Crippen LogP contribution in [0.25, 0.3) is 0 Å². The summed E-state index contributed by atoms with van der Waals surface area (Å²) in [7, 11) is 1.65. The molecule has 150 valence electrons. The van der Waals surface area contributed by atoms with Crippen LogP contribution >= 0.6 is 0 Å². The third-order valence-electron chi connectivity index (χ3n) is 5.82. The van der Waals surface area contributed by atoms with Gasteiger partial charge in [0.05, 0.1) is 6.61 Å². The van der Waals surface area contributed by atoms with Gasteiger partial charge in [-0.1, -0.05) is 60.7 Å². The van der Waals surface area contributed by atoms with Crippen molar-refractivity contribution < 1.29 is 19.3 Å². The Morgan fingerprint density at radius 3 is 1.93 bits per heavy atom. The number of nitrogens with one attached hydrogen (secondary N) is 3. The molecule has 1 atom stereocenters. The lowest BCUT2D eigenvalue weighted by atomic mass is 9.96. The summed E-state index contributed by atoms with van der Waals surface area (Å²) < 4.78 is 5.02. The second-order valence-corrected chi connectivity index (χ2v) is 7.58. The topological polar surface area (TPSA) is 47.2 Å². The van der Waals surface area contributed by atoms with E-state index in [1.54, 1.807) is 12.0 Å². The van der Waals surface area contributed by atoms with Gasteiger partial charge in [0.15, 0.2) is 6.04 Å². The lowest BCUT2D eigenvalue weighted by molar-refractivity contribution is -1.03. The molecule has 1 aliphatic heterocycles. The highest BCUT2D eigenvalue weighted by Gasteiger charge is 2.35. The van der Waals surface area contributed by atoms with Crippen molar-refractivity contribution in [1.82, 2.24) is 5.32 Å². The fourth-order valence-electron chi connectivity index (χ4n) is 4.18. The van der Waals surface area contributed by atoms with E-state index >= 15 is 0 Å². The Labute approximate surface area is 168 Å². The van der Waals surface area contributed by atoms with Crippen molar-refractivity contribution in [3.8, 4) is 0 Å². The summed E-state index contributed by atoms with van der Waals surface area (Å²) in [5, 5.41) is 2.97. The number of piperazine rings is 1. The van der Waals surface area contributed by atoms with Crippen LogP contribution in [0.4, 0.5) is 0 Å². The van der Waals surface area contributed by atoms with Crippen LogP contribution in [-0.4, -0.2) is 58.4 Å². The molecule has 5 heteroatoms. The van der Waals surface area contributed by atoms with Gasteiger partial charge in [0, 0.05) is 24.8 Å². The fourth-order valence-corrected chi connectivity index (χ4v) is 4.18. The molecule has 2 aromatic carbocycles. The lowest BCUT2D eigenvalue weighted by Crippen LogP contribution is -3.30. The van der Waals surface area contributed by atoms with Crippen molar-refractivity contribution in [2.75, 3.05) is 46.4 Å². The van der Waals surface area contributed by atoms with Gasteiger partial charge in [-0.25, -0.2) is 0 Å². The second kappa shape index (κ2) is 10.4. The summed E-state index contributed by atoms with van der Waals surface area (Å²) in [4.78, 5) is 15.3. The number of amides is 1. The van der Waals surface area contributed by atoms with Gasteiger partial charge in [0.2, 0.25) is 0 Å². The average molecular weight is 384 g/mol. The zero-order valence-electron chi connectivity index (χ0n) is 17.0. The summed E-state index contributed by atoms with van der Waals surface area (Å²) in [5.74, 6) is 0.123. The number of benzene rings is 2.